The van der Waals surface area contributed by atoms with Crippen molar-refractivity contribution in [1.29, 1.82) is 0 Å². The number of aryl methyl sites for hydroxylation is 2. The Kier molecular flexibility index (Phi) is 6.95. The normalized spacial score (nSPS) is 10.6. The number of hydrogen-bond donors (Lipinski definition) is 1. The standard InChI is InChI=1S/C20H27N3O3/c1-14-19(15(2)23(4)22-14)11-12-21-20(25)6-5-13-26-18-9-7-17(8-10-18)16(3)24/h7-10H,5-6,11-13H2,1-4H3,(H,21,25). The maximum absolute atomic E-state index is 11.9. The van der Waals surface area contributed by atoms with Crippen molar-refractivity contribution < 1.29 is 14.3 Å². The minimum Gasteiger partial charge on any atom is -0.494 e. The van der Waals surface area contributed by atoms with Gasteiger partial charge in [-0.25, -0.2) is 0 Å². The van der Waals surface area contributed by atoms with Crippen molar-refractivity contribution in [2.24, 2.45) is 7.05 Å². The molecule has 1 aromatic carbocycles. The smallest absolute Gasteiger partial charge is 0.220 e. The monoisotopic (exact) mass is 357 g/mol. The maximum atomic E-state index is 11.9. The van der Waals surface area contributed by atoms with Gasteiger partial charge in [-0.1, -0.05) is 0 Å². The summed E-state index contributed by atoms with van der Waals surface area (Å²) in [6.45, 7) is 6.64. The first-order chi connectivity index (χ1) is 12.4. The molecule has 6 nitrogen and oxygen atoms in total. The van der Waals surface area contributed by atoms with E-state index in [-0.39, 0.29) is 11.7 Å². The molecule has 0 saturated carbocycles. The van der Waals surface area contributed by atoms with Crippen LogP contribution in [-0.4, -0.2) is 34.6 Å². The zero-order valence-corrected chi connectivity index (χ0v) is 16.0. The van der Waals surface area contributed by atoms with E-state index < -0.39 is 0 Å². The van der Waals surface area contributed by atoms with E-state index in [0.29, 0.717) is 37.3 Å². The molecule has 2 rings (SSSR count). The summed E-state index contributed by atoms with van der Waals surface area (Å²) >= 11 is 0. The van der Waals surface area contributed by atoms with Crippen LogP contribution in [-0.2, 0) is 18.3 Å². The van der Waals surface area contributed by atoms with E-state index in [1.54, 1.807) is 24.3 Å². The van der Waals surface area contributed by atoms with Crippen LogP contribution < -0.4 is 10.1 Å². The van der Waals surface area contributed by atoms with Gasteiger partial charge in [0.15, 0.2) is 5.78 Å². The molecule has 1 aromatic heterocycles. The molecule has 0 atom stereocenters. The number of ether oxygens (including phenoxy) is 1. The number of nitrogens with one attached hydrogen (secondary N) is 1. The second-order valence-corrected chi connectivity index (χ2v) is 6.41. The van der Waals surface area contributed by atoms with E-state index in [1.165, 1.54) is 12.5 Å². The van der Waals surface area contributed by atoms with Crippen LogP contribution in [0.2, 0.25) is 0 Å². The van der Waals surface area contributed by atoms with Gasteiger partial charge in [0, 0.05) is 31.3 Å². The molecule has 26 heavy (non-hydrogen) atoms. The summed E-state index contributed by atoms with van der Waals surface area (Å²) in [6, 6.07) is 7.03. The molecule has 0 unspecified atom stereocenters. The highest BCUT2D eigenvalue weighted by atomic mass is 16.5. The second-order valence-electron chi connectivity index (χ2n) is 6.41. The lowest BCUT2D eigenvalue weighted by Crippen LogP contribution is -2.26. The van der Waals surface area contributed by atoms with Crippen LogP contribution in [0.5, 0.6) is 5.75 Å². The summed E-state index contributed by atoms with van der Waals surface area (Å²) in [4.78, 5) is 23.1. The van der Waals surface area contributed by atoms with Crippen molar-refractivity contribution in [3.8, 4) is 5.75 Å². The van der Waals surface area contributed by atoms with Gasteiger partial charge in [-0.15, -0.1) is 0 Å². The molecule has 0 bridgehead atoms. The lowest BCUT2D eigenvalue weighted by Gasteiger charge is -2.08. The average molecular weight is 357 g/mol. The summed E-state index contributed by atoms with van der Waals surface area (Å²) in [5, 5.41) is 7.33. The number of ketones is 1. The van der Waals surface area contributed by atoms with Crippen LogP contribution in [0.3, 0.4) is 0 Å². The molecule has 1 amide bonds. The summed E-state index contributed by atoms with van der Waals surface area (Å²) in [7, 11) is 1.93. The van der Waals surface area contributed by atoms with Gasteiger partial charge >= 0.3 is 0 Å². The molecule has 0 spiro atoms. The number of benzene rings is 1. The van der Waals surface area contributed by atoms with Crippen LogP contribution in [0.25, 0.3) is 0 Å². The Morgan fingerprint density at radius 2 is 1.88 bits per heavy atom. The highest BCUT2D eigenvalue weighted by Gasteiger charge is 2.09. The average Bonchev–Trinajstić information content (AvgIpc) is 2.85. The fourth-order valence-electron chi connectivity index (χ4n) is 2.80. The summed E-state index contributed by atoms with van der Waals surface area (Å²) < 4.78 is 7.46. The Morgan fingerprint density at radius 1 is 1.19 bits per heavy atom. The van der Waals surface area contributed by atoms with Crippen molar-refractivity contribution in [3.63, 3.8) is 0 Å². The number of hydrogen-bond acceptors (Lipinski definition) is 4. The van der Waals surface area contributed by atoms with Crippen molar-refractivity contribution in [1.82, 2.24) is 15.1 Å². The van der Waals surface area contributed by atoms with Gasteiger partial charge in [0.25, 0.3) is 0 Å². The second kappa shape index (κ2) is 9.17. The van der Waals surface area contributed by atoms with Gasteiger partial charge in [-0.3, -0.25) is 14.3 Å². The van der Waals surface area contributed by atoms with E-state index in [0.717, 1.165) is 17.8 Å². The van der Waals surface area contributed by atoms with E-state index in [2.05, 4.69) is 10.4 Å². The lowest BCUT2D eigenvalue weighted by molar-refractivity contribution is -0.121. The number of rotatable bonds is 9. The van der Waals surface area contributed by atoms with E-state index in [9.17, 15) is 9.59 Å². The molecular weight excluding hydrogens is 330 g/mol. The molecule has 0 fully saturated rings. The van der Waals surface area contributed by atoms with Crippen molar-refractivity contribution in [2.45, 2.75) is 40.0 Å². The number of aromatic nitrogens is 2. The molecule has 0 aliphatic heterocycles. The van der Waals surface area contributed by atoms with E-state index >= 15 is 0 Å². The van der Waals surface area contributed by atoms with Crippen LogP contribution in [0.4, 0.5) is 0 Å². The molecule has 6 heteroatoms. The lowest BCUT2D eigenvalue weighted by atomic mass is 10.1. The van der Waals surface area contributed by atoms with Gasteiger partial charge in [-0.05, 0) is 63.4 Å². The number of Topliss-reactive ketones (excluding diaryl/α,β-unsaturated/α-hetero) is 1. The number of nitrogens with zero attached hydrogens (tertiary/aromatic N) is 2. The zero-order valence-electron chi connectivity index (χ0n) is 16.0. The van der Waals surface area contributed by atoms with Gasteiger partial charge in [0.05, 0.1) is 12.3 Å². The Hall–Kier alpha value is -2.63. The largest absolute Gasteiger partial charge is 0.494 e. The van der Waals surface area contributed by atoms with Crippen molar-refractivity contribution in [3.05, 3.63) is 46.8 Å². The molecule has 0 radical (unpaired) electrons. The third-order valence-corrected chi connectivity index (χ3v) is 4.43. The van der Waals surface area contributed by atoms with Crippen molar-refractivity contribution in [2.75, 3.05) is 13.2 Å². The fourth-order valence-corrected chi connectivity index (χ4v) is 2.80. The summed E-state index contributed by atoms with van der Waals surface area (Å²) in [6.07, 6.45) is 1.86. The third-order valence-electron chi connectivity index (χ3n) is 4.43. The SMILES string of the molecule is CC(=O)c1ccc(OCCCC(=O)NCCc2c(C)nn(C)c2C)cc1. The Balaban J connectivity index is 1.63. The minimum atomic E-state index is 0.0275. The first-order valence-corrected chi connectivity index (χ1v) is 8.88. The first kappa shape index (κ1) is 19.7. The first-order valence-electron chi connectivity index (χ1n) is 8.88. The van der Waals surface area contributed by atoms with Gasteiger partial charge in [0.1, 0.15) is 5.75 Å². The predicted octanol–water partition coefficient (Wildman–Crippen LogP) is 2.76. The van der Waals surface area contributed by atoms with Crippen LogP contribution in [0.1, 0.15) is 47.1 Å². The third kappa shape index (κ3) is 5.44. The molecule has 2 aromatic rings. The molecule has 0 aliphatic rings. The molecule has 140 valence electrons. The molecule has 0 saturated heterocycles. The molecule has 0 aliphatic carbocycles. The minimum absolute atomic E-state index is 0.0275. The maximum Gasteiger partial charge on any atom is 0.220 e. The highest BCUT2D eigenvalue weighted by molar-refractivity contribution is 5.94. The van der Waals surface area contributed by atoms with Gasteiger partial charge in [-0.2, -0.15) is 5.10 Å². The Labute approximate surface area is 154 Å². The van der Waals surface area contributed by atoms with E-state index in [1.807, 2.05) is 25.6 Å². The van der Waals surface area contributed by atoms with Crippen molar-refractivity contribution >= 4 is 11.7 Å². The van der Waals surface area contributed by atoms with Gasteiger partial charge < -0.3 is 10.1 Å². The van der Waals surface area contributed by atoms with Crippen LogP contribution >= 0.6 is 0 Å². The molecule has 1 heterocycles. The number of amides is 1. The Bertz CT molecular complexity index is 763. The van der Waals surface area contributed by atoms with Gasteiger partial charge in [0.2, 0.25) is 5.91 Å². The molecule has 1 N–H and O–H groups in total. The topological polar surface area (TPSA) is 73.2 Å². The van der Waals surface area contributed by atoms with Crippen LogP contribution in [0.15, 0.2) is 24.3 Å². The Morgan fingerprint density at radius 3 is 2.46 bits per heavy atom. The highest BCUT2D eigenvalue weighted by Crippen LogP contribution is 2.13. The quantitative estimate of drug-likeness (QED) is 0.553. The summed E-state index contributed by atoms with van der Waals surface area (Å²) in [5.74, 6) is 0.766. The van der Waals surface area contributed by atoms with E-state index in [4.69, 9.17) is 4.74 Å². The predicted molar refractivity (Wildman–Crippen MR) is 101 cm³/mol. The fraction of sp³-hybridized carbons (Fsp3) is 0.450. The number of carbonyl (C=O) groups is 2. The number of carbonyl (C=O) groups excluding carboxylic acids is 2. The zero-order chi connectivity index (χ0) is 19.1. The summed E-state index contributed by atoms with van der Waals surface area (Å²) in [5.41, 5.74) is 4.02. The van der Waals surface area contributed by atoms with Crippen LogP contribution in [0, 0.1) is 13.8 Å². The molecular formula is C20H27N3O3.